The van der Waals surface area contributed by atoms with E-state index in [0.717, 1.165) is 24.8 Å². The van der Waals surface area contributed by atoms with Crippen LogP contribution in [0.2, 0.25) is 0 Å². The molecule has 1 rings (SSSR count). The highest BCUT2D eigenvalue weighted by Gasteiger charge is 2.18. The number of hydrogen-bond donors (Lipinski definition) is 1. The van der Waals surface area contributed by atoms with E-state index in [2.05, 4.69) is 28.2 Å². The van der Waals surface area contributed by atoms with E-state index in [1.54, 1.807) is 0 Å². The minimum absolute atomic E-state index is 0.105. The molecule has 82 valence electrons. The average molecular weight is 262 g/mol. The van der Waals surface area contributed by atoms with Crippen LogP contribution in [-0.2, 0) is 4.79 Å². The molecule has 0 aliphatic heterocycles. The Balaban J connectivity index is 2.08. The lowest BCUT2D eigenvalue weighted by molar-refractivity contribution is -0.118. The van der Waals surface area contributed by atoms with Crippen molar-refractivity contribution in [3.8, 4) is 0 Å². The van der Waals surface area contributed by atoms with Gasteiger partial charge in [-0.05, 0) is 24.7 Å². The molecule has 0 bridgehead atoms. The molecule has 0 aromatic rings. The van der Waals surface area contributed by atoms with Crippen LogP contribution in [0.25, 0.3) is 0 Å². The molecule has 0 aromatic heterocycles. The van der Waals surface area contributed by atoms with Crippen LogP contribution >= 0.6 is 15.9 Å². The van der Waals surface area contributed by atoms with Crippen LogP contribution in [0.3, 0.4) is 0 Å². The summed E-state index contributed by atoms with van der Waals surface area (Å²) in [5.74, 6) is 1.84. The predicted octanol–water partition coefficient (Wildman–Crippen LogP) is 2.71. The van der Waals surface area contributed by atoms with Crippen molar-refractivity contribution in [3.05, 3.63) is 0 Å². The van der Waals surface area contributed by atoms with E-state index >= 15 is 0 Å². The number of alkyl halides is 1. The summed E-state index contributed by atoms with van der Waals surface area (Å²) in [5, 5.41) is 3.33. The van der Waals surface area contributed by atoms with Gasteiger partial charge >= 0.3 is 0 Å². The van der Waals surface area contributed by atoms with E-state index in [9.17, 15) is 4.79 Å². The molecular formula is C11H20BrNO. The topological polar surface area (TPSA) is 29.1 Å². The second-order valence-corrected chi connectivity index (χ2v) is 4.97. The molecule has 2 nitrogen and oxygen atoms in total. The first-order chi connectivity index (χ1) is 6.72. The van der Waals surface area contributed by atoms with Gasteiger partial charge in [0.15, 0.2) is 0 Å². The van der Waals surface area contributed by atoms with Crippen molar-refractivity contribution in [1.82, 2.24) is 5.32 Å². The average Bonchev–Trinajstić information content (AvgIpc) is 2.17. The summed E-state index contributed by atoms with van der Waals surface area (Å²) in [7, 11) is 0. The van der Waals surface area contributed by atoms with Crippen molar-refractivity contribution in [2.75, 3.05) is 11.9 Å². The van der Waals surface area contributed by atoms with Gasteiger partial charge in [0.2, 0.25) is 5.91 Å². The van der Waals surface area contributed by atoms with Crippen LogP contribution in [0.5, 0.6) is 0 Å². The van der Waals surface area contributed by atoms with E-state index < -0.39 is 0 Å². The molecule has 1 saturated carbocycles. The van der Waals surface area contributed by atoms with Gasteiger partial charge in [0.1, 0.15) is 0 Å². The Morgan fingerprint density at radius 2 is 2.29 bits per heavy atom. The molecule has 1 aliphatic carbocycles. The lowest BCUT2D eigenvalue weighted by Crippen LogP contribution is -2.27. The molecule has 0 heterocycles. The maximum atomic E-state index is 11.0. The third kappa shape index (κ3) is 4.45. The van der Waals surface area contributed by atoms with Crippen LogP contribution < -0.4 is 5.32 Å². The Bertz CT molecular complexity index is 184. The third-order valence-corrected chi connectivity index (χ3v) is 3.55. The molecule has 2 unspecified atom stereocenters. The number of rotatable bonds is 4. The van der Waals surface area contributed by atoms with E-state index in [-0.39, 0.29) is 5.91 Å². The van der Waals surface area contributed by atoms with Crippen molar-refractivity contribution in [1.29, 1.82) is 0 Å². The van der Waals surface area contributed by atoms with Crippen LogP contribution in [0.1, 0.15) is 39.0 Å². The van der Waals surface area contributed by atoms with Gasteiger partial charge in [-0.25, -0.2) is 0 Å². The number of hydrogen-bond acceptors (Lipinski definition) is 1. The molecular weight excluding hydrogens is 242 g/mol. The molecule has 1 fully saturated rings. The minimum atomic E-state index is 0.105. The molecule has 0 spiro atoms. The van der Waals surface area contributed by atoms with Crippen molar-refractivity contribution in [3.63, 3.8) is 0 Å². The summed E-state index contributed by atoms with van der Waals surface area (Å²) >= 11 is 3.14. The summed E-state index contributed by atoms with van der Waals surface area (Å²) in [5.41, 5.74) is 0. The number of carbonyl (C=O) groups excluding carboxylic acids is 1. The minimum Gasteiger partial charge on any atom is -0.355 e. The van der Waals surface area contributed by atoms with Crippen LogP contribution in [0, 0.1) is 11.8 Å². The fourth-order valence-corrected chi connectivity index (χ4v) is 2.48. The summed E-state index contributed by atoms with van der Waals surface area (Å²) in [6.45, 7) is 3.19. The number of amides is 1. The Labute approximate surface area is 95.0 Å². The molecule has 1 N–H and O–H groups in total. The van der Waals surface area contributed by atoms with E-state index in [1.807, 2.05) is 0 Å². The Morgan fingerprint density at radius 3 is 2.93 bits per heavy atom. The smallest absolute Gasteiger partial charge is 0.230 e. The first kappa shape index (κ1) is 12.0. The van der Waals surface area contributed by atoms with E-state index in [4.69, 9.17) is 0 Å². The lowest BCUT2D eigenvalue weighted by Gasteiger charge is -2.26. The summed E-state index contributed by atoms with van der Waals surface area (Å²) < 4.78 is 0. The maximum absolute atomic E-state index is 11.0. The first-order valence-corrected chi connectivity index (χ1v) is 6.67. The molecule has 14 heavy (non-hydrogen) atoms. The summed E-state index contributed by atoms with van der Waals surface area (Å²) in [4.78, 5) is 11.0. The zero-order valence-corrected chi connectivity index (χ0v) is 10.5. The van der Waals surface area contributed by atoms with Crippen molar-refractivity contribution in [2.24, 2.45) is 11.8 Å². The van der Waals surface area contributed by atoms with Gasteiger partial charge in [0.25, 0.3) is 0 Å². The Hall–Kier alpha value is -0.0500. The standard InChI is InChI=1S/C11H20BrNO/c1-9-3-2-4-10(7-9)5-6-13-11(14)8-12/h9-10H,2-8H2,1H3,(H,13,14). The molecule has 1 amide bonds. The van der Waals surface area contributed by atoms with Crippen molar-refractivity contribution >= 4 is 21.8 Å². The normalized spacial score (nSPS) is 27.3. The van der Waals surface area contributed by atoms with Gasteiger partial charge in [-0.1, -0.05) is 42.1 Å². The molecule has 0 saturated heterocycles. The van der Waals surface area contributed by atoms with Gasteiger partial charge in [0.05, 0.1) is 5.33 Å². The van der Waals surface area contributed by atoms with Crippen molar-refractivity contribution in [2.45, 2.75) is 39.0 Å². The fourth-order valence-electron chi connectivity index (χ4n) is 2.28. The maximum Gasteiger partial charge on any atom is 0.230 e. The fraction of sp³-hybridized carbons (Fsp3) is 0.909. The molecule has 3 heteroatoms. The zero-order chi connectivity index (χ0) is 10.4. The Kier molecular flexibility index (Phi) is 5.53. The molecule has 1 aliphatic rings. The number of halogens is 1. The molecule has 2 atom stereocenters. The lowest BCUT2D eigenvalue weighted by atomic mass is 9.81. The van der Waals surface area contributed by atoms with Crippen LogP contribution in [-0.4, -0.2) is 17.8 Å². The second kappa shape index (κ2) is 6.44. The molecule has 0 radical (unpaired) electrons. The monoisotopic (exact) mass is 261 g/mol. The van der Waals surface area contributed by atoms with Gasteiger partial charge in [0, 0.05) is 6.54 Å². The third-order valence-electron chi connectivity index (χ3n) is 3.04. The highest BCUT2D eigenvalue weighted by Crippen LogP contribution is 2.30. The number of carbonyl (C=O) groups is 1. The van der Waals surface area contributed by atoms with Gasteiger partial charge in [-0.2, -0.15) is 0 Å². The van der Waals surface area contributed by atoms with Crippen LogP contribution in [0.4, 0.5) is 0 Å². The highest BCUT2D eigenvalue weighted by atomic mass is 79.9. The summed E-state index contributed by atoms with van der Waals surface area (Å²) in [6.07, 6.45) is 6.63. The Morgan fingerprint density at radius 1 is 1.50 bits per heavy atom. The quantitative estimate of drug-likeness (QED) is 0.775. The van der Waals surface area contributed by atoms with Crippen LogP contribution in [0.15, 0.2) is 0 Å². The predicted molar refractivity (Wildman–Crippen MR) is 62.5 cm³/mol. The largest absolute Gasteiger partial charge is 0.355 e. The summed E-state index contributed by atoms with van der Waals surface area (Å²) in [6, 6.07) is 0. The molecule has 0 aromatic carbocycles. The van der Waals surface area contributed by atoms with Gasteiger partial charge < -0.3 is 5.32 Å². The first-order valence-electron chi connectivity index (χ1n) is 5.55. The zero-order valence-electron chi connectivity index (χ0n) is 8.89. The number of nitrogens with one attached hydrogen (secondary N) is 1. The second-order valence-electron chi connectivity index (χ2n) is 4.41. The van der Waals surface area contributed by atoms with Gasteiger partial charge in [-0.3, -0.25) is 4.79 Å². The van der Waals surface area contributed by atoms with Gasteiger partial charge in [-0.15, -0.1) is 0 Å². The van der Waals surface area contributed by atoms with Crippen molar-refractivity contribution < 1.29 is 4.79 Å². The highest BCUT2D eigenvalue weighted by molar-refractivity contribution is 9.09. The SMILES string of the molecule is CC1CCCC(CCNC(=O)CBr)C1. The van der Waals surface area contributed by atoms with E-state index in [1.165, 1.54) is 25.7 Å². The van der Waals surface area contributed by atoms with E-state index in [0.29, 0.717) is 5.33 Å².